The minimum Gasteiger partial charge on any atom is -0.478 e. The highest BCUT2D eigenvalue weighted by molar-refractivity contribution is 5.92. The Bertz CT molecular complexity index is 611. The number of hydrogen-bond acceptors (Lipinski definition) is 6. The van der Waals surface area contributed by atoms with Gasteiger partial charge in [-0.05, 0) is 25.2 Å². The number of nitrogens with zero attached hydrogens (tertiary/aromatic N) is 2. The average Bonchev–Trinajstić information content (AvgIpc) is 2.86. The van der Waals surface area contributed by atoms with E-state index in [4.69, 9.17) is 14.3 Å². The number of oxazole rings is 1. The van der Waals surface area contributed by atoms with E-state index in [1.165, 1.54) is 12.1 Å². The lowest BCUT2D eigenvalue weighted by molar-refractivity contribution is 0.0697. The molecule has 0 radical (unpaired) electrons. The van der Waals surface area contributed by atoms with E-state index in [1.807, 2.05) is 7.05 Å². The topological polar surface area (TPSA) is 87.8 Å². The van der Waals surface area contributed by atoms with Crippen LogP contribution in [-0.2, 0) is 4.74 Å². The molecule has 0 saturated heterocycles. The monoisotopic (exact) mass is 293 g/mol. The molecule has 1 heterocycles. The van der Waals surface area contributed by atoms with Crippen molar-refractivity contribution >= 4 is 23.1 Å². The molecule has 0 aliphatic carbocycles. The van der Waals surface area contributed by atoms with Crippen LogP contribution in [0.4, 0.5) is 6.01 Å². The van der Waals surface area contributed by atoms with Gasteiger partial charge in [-0.3, -0.25) is 0 Å². The fourth-order valence-corrected chi connectivity index (χ4v) is 1.85. The van der Waals surface area contributed by atoms with Crippen molar-refractivity contribution in [2.45, 2.75) is 0 Å². The van der Waals surface area contributed by atoms with Crippen molar-refractivity contribution in [3.8, 4) is 0 Å². The fraction of sp³-hybridized carbons (Fsp3) is 0.429. The van der Waals surface area contributed by atoms with E-state index in [0.29, 0.717) is 30.3 Å². The van der Waals surface area contributed by atoms with Crippen LogP contribution in [0.5, 0.6) is 0 Å². The Hall–Kier alpha value is -2.12. The van der Waals surface area contributed by atoms with Crippen molar-refractivity contribution in [3.05, 3.63) is 23.8 Å². The lowest BCUT2D eigenvalue weighted by Gasteiger charge is -2.15. The summed E-state index contributed by atoms with van der Waals surface area (Å²) in [4.78, 5) is 17.3. The summed E-state index contributed by atoms with van der Waals surface area (Å²) < 4.78 is 10.5. The molecular formula is C14H19N3O4. The van der Waals surface area contributed by atoms with Gasteiger partial charge in [-0.1, -0.05) is 0 Å². The number of carboxylic acids is 1. The Morgan fingerprint density at radius 2 is 2.29 bits per heavy atom. The van der Waals surface area contributed by atoms with E-state index >= 15 is 0 Å². The smallest absolute Gasteiger partial charge is 0.335 e. The molecule has 0 spiro atoms. The predicted molar refractivity (Wildman–Crippen MR) is 78.8 cm³/mol. The number of aromatic carboxylic acids is 1. The van der Waals surface area contributed by atoms with E-state index in [2.05, 4.69) is 15.2 Å². The van der Waals surface area contributed by atoms with Crippen LogP contribution in [0.2, 0.25) is 0 Å². The minimum atomic E-state index is -0.984. The third-order valence-electron chi connectivity index (χ3n) is 3.08. The van der Waals surface area contributed by atoms with Gasteiger partial charge in [0.05, 0.1) is 12.2 Å². The molecule has 7 nitrogen and oxygen atoms in total. The number of hydrogen-bond donors (Lipinski definition) is 2. The molecule has 0 bridgehead atoms. The predicted octanol–water partition coefficient (Wildman–Crippen LogP) is 1.52. The van der Waals surface area contributed by atoms with Crippen LogP contribution in [0.15, 0.2) is 22.6 Å². The Morgan fingerprint density at radius 1 is 1.48 bits per heavy atom. The van der Waals surface area contributed by atoms with Crippen LogP contribution in [-0.4, -0.2) is 61.4 Å². The molecule has 1 aromatic carbocycles. The summed E-state index contributed by atoms with van der Waals surface area (Å²) in [5, 5.41) is 12.0. The van der Waals surface area contributed by atoms with Crippen molar-refractivity contribution in [2.75, 3.05) is 45.7 Å². The Morgan fingerprint density at radius 3 is 3.00 bits per heavy atom. The first kappa shape index (κ1) is 15.3. The molecule has 21 heavy (non-hydrogen) atoms. The van der Waals surface area contributed by atoms with E-state index in [1.54, 1.807) is 13.2 Å². The third kappa shape index (κ3) is 4.17. The van der Waals surface area contributed by atoms with Crippen LogP contribution in [0.25, 0.3) is 11.1 Å². The van der Waals surface area contributed by atoms with Gasteiger partial charge in [-0.25, -0.2) is 4.79 Å². The Kier molecular flexibility index (Phi) is 5.13. The van der Waals surface area contributed by atoms with Gasteiger partial charge in [0.2, 0.25) is 0 Å². The van der Waals surface area contributed by atoms with E-state index in [9.17, 15) is 4.79 Å². The first-order valence-electron chi connectivity index (χ1n) is 6.65. The maximum Gasteiger partial charge on any atom is 0.335 e. The molecule has 1 aromatic heterocycles. The summed E-state index contributed by atoms with van der Waals surface area (Å²) in [6, 6.07) is 5.02. The van der Waals surface area contributed by atoms with Gasteiger partial charge >= 0.3 is 5.97 Å². The van der Waals surface area contributed by atoms with Gasteiger partial charge in [0.25, 0.3) is 6.01 Å². The summed E-state index contributed by atoms with van der Waals surface area (Å²) >= 11 is 0. The molecule has 0 saturated carbocycles. The maximum absolute atomic E-state index is 10.9. The van der Waals surface area contributed by atoms with E-state index in [-0.39, 0.29) is 5.56 Å². The van der Waals surface area contributed by atoms with Crippen LogP contribution in [0.3, 0.4) is 0 Å². The summed E-state index contributed by atoms with van der Waals surface area (Å²) in [6.07, 6.45) is 0. The highest BCUT2D eigenvalue weighted by Crippen LogP contribution is 2.20. The number of rotatable bonds is 8. The van der Waals surface area contributed by atoms with Crippen molar-refractivity contribution in [2.24, 2.45) is 0 Å². The number of likely N-dealkylation sites (N-methyl/N-ethyl adjacent to an activating group) is 1. The SMILES string of the molecule is COCCN(C)CCNc1nc2ccc(C(=O)O)cc2o1. The second kappa shape index (κ2) is 7.05. The van der Waals surface area contributed by atoms with Crippen LogP contribution in [0, 0.1) is 0 Å². The molecule has 2 aromatic rings. The van der Waals surface area contributed by atoms with Crippen molar-refractivity contribution in [1.82, 2.24) is 9.88 Å². The van der Waals surface area contributed by atoms with Gasteiger partial charge in [0, 0.05) is 26.7 Å². The molecule has 0 atom stereocenters. The first-order chi connectivity index (χ1) is 10.1. The number of methoxy groups -OCH3 is 1. The van der Waals surface area contributed by atoms with Gasteiger partial charge in [-0.2, -0.15) is 4.98 Å². The number of ether oxygens (including phenoxy) is 1. The quantitative estimate of drug-likeness (QED) is 0.762. The Balaban J connectivity index is 1.92. The van der Waals surface area contributed by atoms with Crippen LogP contribution >= 0.6 is 0 Å². The average molecular weight is 293 g/mol. The molecule has 2 rings (SSSR count). The molecule has 7 heteroatoms. The number of fused-ring (bicyclic) bond motifs is 1. The number of aromatic nitrogens is 1. The van der Waals surface area contributed by atoms with Crippen LogP contribution in [0.1, 0.15) is 10.4 Å². The summed E-state index contributed by atoms with van der Waals surface area (Å²) in [7, 11) is 3.68. The molecule has 0 fully saturated rings. The second-order valence-corrected chi connectivity index (χ2v) is 4.73. The molecule has 2 N–H and O–H groups in total. The summed E-state index contributed by atoms with van der Waals surface area (Å²) in [5.41, 5.74) is 1.28. The van der Waals surface area contributed by atoms with Crippen LogP contribution < -0.4 is 5.32 Å². The first-order valence-corrected chi connectivity index (χ1v) is 6.65. The minimum absolute atomic E-state index is 0.185. The standard InChI is InChI=1S/C14H19N3O4/c1-17(7-8-20-2)6-5-15-14-16-11-4-3-10(13(18)19)9-12(11)21-14/h3-4,9H,5-8H2,1-2H3,(H,15,16)(H,18,19). The number of nitrogens with one attached hydrogen (secondary N) is 1. The highest BCUT2D eigenvalue weighted by Gasteiger charge is 2.09. The zero-order valence-corrected chi connectivity index (χ0v) is 12.1. The lowest BCUT2D eigenvalue weighted by atomic mass is 10.2. The molecular weight excluding hydrogens is 274 g/mol. The Labute approximate surface area is 122 Å². The molecule has 0 aliphatic rings. The molecule has 114 valence electrons. The summed E-state index contributed by atoms with van der Waals surface area (Å²) in [6.45, 7) is 3.05. The highest BCUT2D eigenvalue weighted by atomic mass is 16.5. The van der Waals surface area contributed by atoms with E-state index in [0.717, 1.165) is 13.1 Å². The lowest BCUT2D eigenvalue weighted by Crippen LogP contribution is -2.28. The van der Waals surface area contributed by atoms with Crippen molar-refractivity contribution in [3.63, 3.8) is 0 Å². The largest absolute Gasteiger partial charge is 0.478 e. The normalized spacial score (nSPS) is 11.2. The van der Waals surface area contributed by atoms with Gasteiger partial charge in [-0.15, -0.1) is 0 Å². The number of anilines is 1. The molecule has 0 aliphatic heterocycles. The molecule has 0 unspecified atom stereocenters. The zero-order valence-electron chi connectivity index (χ0n) is 12.1. The zero-order chi connectivity index (χ0) is 15.2. The second-order valence-electron chi connectivity index (χ2n) is 4.73. The third-order valence-corrected chi connectivity index (χ3v) is 3.08. The fourth-order valence-electron chi connectivity index (χ4n) is 1.85. The maximum atomic E-state index is 10.9. The molecule has 0 amide bonds. The summed E-state index contributed by atoms with van der Waals surface area (Å²) in [5.74, 6) is -0.984. The van der Waals surface area contributed by atoms with Gasteiger partial charge < -0.3 is 24.5 Å². The number of carbonyl (C=O) groups is 1. The van der Waals surface area contributed by atoms with Crippen molar-refractivity contribution in [1.29, 1.82) is 0 Å². The van der Waals surface area contributed by atoms with E-state index < -0.39 is 5.97 Å². The van der Waals surface area contributed by atoms with Gasteiger partial charge in [0.15, 0.2) is 5.58 Å². The number of carboxylic acid groups (broad SMARTS) is 1. The van der Waals surface area contributed by atoms with Crippen molar-refractivity contribution < 1.29 is 19.1 Å². The van der Waals surface area contributed by atoms with Gasteiger partial charge in [0.1, 0.15) is 5.52 Å². The number of benzene rings is 1.